The van der Waals surface area contributed by atoms with E-state index < -0.39 is 0 Å². The summed E-state index contributed by atoms with van der Waals surface area (Å²) in [5.41, 5.74) is 0.769. The molecular formula is C16H25FN2O. The van der Waals surface area contributed by atoms with E-state index in [0.717, 1.165) is 44.7 Å². The molecular weight excluding hydrogens is 255 g/mol. The van der Waals surface area contributed by atoms with Crippen LogP contribution in [0.2, 0.25) is 0 Å². The van der Waals surface area contributed by atoms with Crippen molar-refractivity contribution in [1.82, 2.24) is 10.2 Å². The fraction of sp³-hybridized carbons (Fsp3) is 0.625. The molecule has 1 aromatic rings. The lowest BCUT2D eigenvalue weighted by molar-refractivity contribution is 0.156. The molecule has 1 aliphatic heterocycles. The van der Waals surface area contributed by atoms with Gasteiger partial charge < -0.3 is 15.0 Å². The summed E-state index contributed by atoms with van der Waals surface area (Å²) in [5, 5.41) is 3.39. The van der Waals surface area contributed by atoms with Gasteiger partial charge in [-0.1, -0.05) is 25.1 Å². The topological polar surface area (TPSA) is 24.5 Å². The zero-order valence-electron chi connectivity index (χ0n) is 12.4. The number of nitrogens with zero attached hydrogens (tertiary/aromatic N) is 1. The van der Waals surface area contributed by atoms with Crippen molar-refractivity contribution in [3.8, 4) is 0 Å². The Hall–Kier alpha value is -0.970. The Bertz CT molecular complexity index is 407. The fourth-order valence-electron chi connectivity index (χ4n) is 2.76. The second kappa shape index (κ2) is 7.72. The lowest BCUT2D eigenvalue weighted by atomic mass is 10.0. The third-order valence-electron chi connectivity index (χ3n) is 4.03. The van der Waals surface area contributed by atoms with Crippen molar-refractivity contribution in [2.24, 2.45) is 0 Å². The molecule has 2 rings (SSSR count). The summed E-state index contributed by atoms with van der Waals surface area (Å²) in [6.45, 7) is 5.53. The Morgan fingerprint density at radius 3 is 2.90 bits per heavy atom. The summed E-state index contributed by atoms with van der Waals surface area (Å²) < 4.78 is 19.3. The first-order chi connectivity index (χ1) is 9.72. The van der Waals surface area contributed by atoms with E-state index in [1.165, 1.54) is 6.07 Å². The van der Waals surface area contributed by atoms with Crippen LogP contribution in [0.3, 0.4) is 0 Å². The summed E-state index contributed by atoms with van der Waals surface area (Å²) in [7, 11) is 2.13. The van der Waals surface area contributed by atoms with E-state index in [-0.39, 0.29) is 11.9 Å². The van der Waals surface area contributed by atoms with E-state index >= 15 is 0 Å². The highest BCUT2D eigenvalue weighted by molar-refractivity contribution is 5.21. The van der Waals surface area contributed by atoms with Crippen LogP contribution in [0.1, 0.15) is 31.4 Å². The molecule has 20 heavy (non-hydrogen) atoms. The van der Waals surface area contributed by atoms with Crippen molar-refractivity contribution in [2.75, 3.05) is 33.4 Å². The molecule has 2 atom stereocenters. The molecule has 0 aromatic heterocycles. The molecule has 1 aliphatic rings. The minimum Gasteiger partial charge on any atom is -0.380 e. The Morgan fingerprint density at radius 2 is 2.25 bits per heavy atom. The molecule has 1 saturated heterocycles. The summed E-state index contributed by atoms with van der Waals surface area (Å²) in [6, 6.07) is 7.64. The molecule has 2 unspecified atom stereocenters. The van der Waals surface area contributed by atoms with Gasteiger partial charge in [0.15, 0.2) is 0 Å². The molecule has 4 heteroatoms. The van der Waals surface area contributed by atoms with Gasteiger partial charge in [0.05, 0.1) is 6.61 Å². The van der Waals surface area contributed by atoms with Crippen LogP contribution >= 0.6 is 0 Å². The number of ether oxygens (including phenoxy) is 1. The molecule has 112 valence electrons. The van der Waals surface area contributed by atoms with Crippen LogP contribution in [-0.4, -0.2) is 44.3 Å². The highest BCUT2D eigenvalue weighted by atomic mass is 19.1. The molecule has 0 bridgehead atoms. The number of benzene rings is 1. The fourth-order valence-corrected chi connectivity index (χ4v) is 2.76. The van der Waals surface area contributed by atoms with E-state index in [1.807, 2.05) is 12.1 Å². The largest absolute Gasteiger partial charge is 0.380 e. The van der Waals surface area contributed by atoms with E-state index in [1.54, 1.807) is 6.07 Å². The lowest BCUT2D eigenvalue weighted by Crippen LogP contribution is -2.35. The molecule has 1 aromatic carbocycles. The summed E-state index contributed by atoms with van der Waals surface area (Å²) in [6.07, 6.45) is 2.00. The first-order valence-electron chi connectivity index (χ1n) is 7.48. The van der Waals surface area contributed by atoms with Gasteiger partial charge in [-0.15, -0.1) is 0 Å². The third-order valence-corrected chi connectivity index (χ3v) is 4.03. The van der Waals surface area contributed by atoms with E-state index in [0.29, 0.717) is 6.04 Å². The van der Waals surface area contributed by atoms with Gasteiger partial charge in [0.1, 0.15) is 5.82 Å². The number of halogens is 1. The number of hydrogen-bond donors (Lipinski definition) is 1. The average molecular weight is 280 g/mol. The van der Waals surface area contributed by atoms with Gasteiger partial charge in [0.25, 0.3) is 0 Å². The number of hydrogen-bond acceptors (Lipinski definition) is 3. The van der Waals surface area contributed by atoms with Crippen LogP contribution in [0.25, 0.3) is 0 Å². The van der Waals surface area contributed by atoms with Gasteiger partial charge in [0, 0.05) is 30.8 Å². The van der Waals surface area contributed by atoms with Gasteiger partial charge in [-0.05, 0) is 32.5 Å². The Kier molecular flexibility index (Phi) is 5.95. The number of likely N-dealkylation sites (N-methyl/N-ethyl adjacent to an activating group) is 1. The average Bonchev–Trinajstić information content (AvgIpc) is 2.98. The monoisotopic (exact) mass is 280 g/mol. The Morgan fingerprint density at radius 1 is 1.45 bits per heavy atom. The summed E-state index contributed by atoms with van der Waals surface area (Å²) >= 11 is 0. The van der Waals surface area contributed by atoms with Crippen LogP contribution in [-0.2, 0) is 4.74 Å². The van der Waals surface area contributed by atoms with Crippen molar-refractivity contribution >= 4 is 0 Å². The van der Waals surface area contributed by atoms with E-state index in [4.69, 9.17) is 4.74 Å². The van der Waals surface area contributed by atoms with Gasteiger partial charge >= 0.3 is 0 Å². The first kappa shape index (κ1) is 15.4. The van der Waals surface area contributed by atoms with E-state index in [9.17, 15) is 4.39 Å². The second-order valence-electron chi connectivity index (χ2n) is 5.42. The van der Waals surface area contributed by atoms with Crippen molar-refractivity contribution in [3.63, 3.8) is 0 Å². The highest BCUT2D eigenvalue weighted by Gasteiger charge is 2.21. The minimum absolute atomic E-state index is 0.0750. The summed E-state index contributed by atoms with van der Waals surface area (Å²) in [4.78, 5) is 2.33. The second-order valence-corrected chi connectivity index (χ2v) is 5.42. The standard InChI is InChI=1S/C16H25FN2O/c1-3-18-16(14-6-4-5-7-15(14)17)8-10-19(2)13-9-11-20-12-13/h4-7,13,16,18H,3,8-12H2,1-2H3. The molecule has 0 radical (unpaired) electrons. The number of nitrogens with one attached hydrogen (secondary N) is 1. The molecule has 0 spiro atoms. The lowest BCUT2D eigenvalue weighted by Gasteiger charge is -2.26. The maximum absolute atomic E-state index is 13.9. The van der Waals surface area contributed by atoms with Gasteiger partial charge in [0.2, 0.25) is 0 Å². The van der Waals surface area contributed by atoms with Crippen molar-refractivity contribution < 1.29 is 9.13 Å². The van der Waals surface area contributed by atoms with Gasteiger partial charge in [-0.25, -0.2) is 4.39 Å². The molecule has 0 saturated carbocycles. The maximum atomic E-state index is 13.9. The molecule has 0 amide bonds. The van der Waals surface area contributed by atoms with Gasteiger partial charge in [-0.2, -0.15) is 0 Å². The summed E-state index contributed by atoms with van der Waals surface area (Å²) in [5.74, 6) is -0.120. The third kappa shape index (κ3) is 4.01. The number of rotatable bonds is 7. The highest BCUT2D eigenvalue weighted by Crippen LogP contribution is 2.21. The van der Waals surface area contributed by atoms with Crippen molar-refractivity contribution in [2.45, 2.75) is 31.8 Å². The van der Waals surface area contributed by atoms with E-state index in [2.05, 4.69) is 24.2 Å². The normalized spacial score (nSPS) is 20.5. The maximum Gasteiger partial charge on any atom is 0.127 e. The molecule has 1 fully saturated rings. The Balaban J connectivity index is 1.93. The van der Waals surface area contributed by atoms with Gasteiger partial charge in [-0.3, -0.25) is 0 Å². The predicted octanol–water partition coefficient (Wildman–Crippen LogP) is 2.59. The molecule has 3 nitrogen and oxygen atoms in total. The van der Waals surface area contributed by atoms with Crippen LogP contribution in [0, 0.1) is 5.82 Å². The quantitative estimate of drug-likeness (QED) is 0.831. The SMILES string of the molecule is CCNC(CCN(C)C1CCOC1)c1ccccc1F. The molecule has 1 heterocycles. The smallest absolute Gasteiger partial charge is 0.127 e. The zero-order valence-corrected chi connectivity index (χ0v) is 12.4. The molecule has 1 N–H and O–H groups in total. The van der Waals surface area contributed by atoms with Crippen LogP contribution in [0.4, 0.5) is 4.39 Å². The Labute approximate surface area is 121 Å². The van der Waals surface area contributed by atoms with Crippen molar-refractivity contribution in [3.05, 3.63) is 35.6 Å². The van der Waals surface area contributed by atoms with Crippen LogP contribution in [0.15, 0.2) is 24.3 Å². The van der Waals surface area contributed by atoms with Crippen LogP contribution in [0.5, 0.6) is 0 Å². The van der Waals surface area contributed by atoms with Crippen LogP contribution < -0.4 is 5.32 Å². The van der Waals surface area contributed by atoms with Crippen molar-refractivity contribution in [1.29, 1.82) is 0 Å². The zero-order chi connectivity index (χ0) is 14.4. The minimum atomic E-state index is -0.120. The first-order valence-corrected chi connectivity index (χ1v) is 7.48. The molecule has 0 aliphatic carbocycles. The predicted molar refractivity (Wildman–Crippen MR) is 79.3 cm³/mol.